The number of para-hydroxylation sites is 1. The highest BCUT2D eigenvalue weighted by Gasteiger charge is 2.52. The number of benzene rings is 3. The molecule has 1 aromatic heterocycles. The lowest BCUT2D eigenvalue weighted by molar-refractivity contribution is -0.730. The molecule has 1 aliphatic heterocycles. The molecule has 0 fully saturated rings. The minimum absolute atomic E-state index is 0.117. The van der Waals surface area contributed by atoms with Crippen molar-refractivity contribution < 1.29 is 26.3 Å². The third-order valence-electron chi connectivity index (χ3n) is 6.09. The maximum atomic E-state index is 9.75. The van der Waals surface area contributed by atoms with Crippen LogP contribution in [0.2, 0.25) is 19.6 Å². The Balaban J connectivity index is 0.000000586. The third-order valence-corrected chi connectivity index (χ3v) is 7.03. The lowest BCUT2D eigenvalue weighted by Gasteiger charge is -2.43. The summed E-state index contributed by atoms with van der Waals surface area (Å²) in [5, 5.41) is 4.94. The maximum absolute atomic E-state index is 9.75. The van der Waals surface area contributed by atoms with E-state index >= 15 is 0 Å². The van der Waals surface area contributed by atoms with Gasteiger partial charge in [-0.25, -0.2) is 4.57 Å². The largest absolute Gasteiger partial charge is 0.673 e. The van der Waals surface area contributed by atoms with Gasteiger partial charge in [-0.2, -0.15) is 0 Å². The number of hydrogen-bond acceptors (Lipinski definition) is 2. The number of nitrogens with zero attached hydrogens (tertiary/aromatic N) is 3. The number of hydrogen-bond donors (Lipinski definition) is 0. The van der Waals surface area contributed by atoms with Gasteiger partial charge in [-0.1, -0.05) is 83.5 Å². The second kappa shape index (κ2) is 10.6. The molecule has 194 valence electrons. The fraction of sp³-hybridized carbons (Fsp3) is 0.259. The molecule has 0 saturated heterocycles. The van der Waals surface area contributed by atoms with Crippen molar-refractivity contribution >= 4 is 15.6 Å². The van der Waals surface area contributed by atoms with Gasteiger partial charge in [0.2, 0.25) is 6.33 Å². The number of aryl methyl sites for hydroxylation is 1. The Morgan fingerprint density at radius 3 is 1.76 bits per heavy atom. The van der Waals surface area contributed by atoms with Gasteiger partial charge in [-0.15, -0.1) is 0 Å². The summed E-state index contributed by atoms with van der Waals surface area (Å²) in [4.78, 5) is 0. The summed E-state index contributed by atoms with van der Waals surface area (Å²) in [5.74, 6) is 1.11. The number of rotatable bonds is 6. The topological polar surface area (TPSA) is 30.9 Å². The molecule has 2 heterocycles. The standard InChI is InChI=1S/C27H30N3OSi.BF4/c1-32(2,3)31-27(22-13-7-4-8-14-22,23-15-9-5-10-16-23)25-19-20-26-28-30(21-29(25)26)24-17-11-6-12-18-24;2-1(3,4)5/h4-18,21,25H,19-20H2,1-3H3;/q+1;-1/t25-;/m0./s1. The highest BCUT2D eigenvalue weighted by molar-refractivity contribution is 6.69. The molecule has 10 heteroatoms. The Morgan fingerprint density at radius 2 is 1.30 bits per heavy atom. The van der Waals surface area contributed by atoms with Gasteiger partial charge >= 0.3 is 7.25 Å². The van der Waals surface area contributed by atoms with Gasteiger partial charge in [-0.05, 0) is 49.3 Å². The van der Waals surface area contributed by atoms with E-state index in [2.05, 4.69) is 115 Å². The molecule has 0 N–H and O–H groups in total. The molecule has 0 amide bonds. The summed E-state index contributed by atoms with van der Waals surface area (Å²) in [6, 6.07) is 31.9. The predicted octanol–water partition coefficient (Wildman–Crippen LogP) is 6.74. The Morgan fingerprint density at radius 1 is 0.838 bits per heavy atom. The monoisotopic (exact) mass is 527 g/mol. The summed E-state index contributed by atoms with van der Waals surface area (Å²) in [6.07, 6.45) is 4.07. The minimum atomic E-state index is -6.00. The third kappa shape index (κ3) is 6.37. The Bertz CT molecular complexity index is 1250. The molecule has 5 rings (SSSR count). The second-order valence-electron chi connectivity index (χ2n) is 9.95. The maximum Gasteiger partial charge on any atom is 0.673 e. The van der Waals surface area contributed by atoms with E-state index < -0.39 is 21.2 Å². The van der Waals surface area contributed by atoms with Crippen molar-refractivity contribution in [2.75, 3.05) is 0 Å². The van der Waals surface area contributed by atoms with Crippen molar-refractivity contribution in [1.82, 2.24) is 9.78 Å². The first kappa shape index (κ1) is 26.8. The number of fused-ring (bicyclic) bond motifs is 1. The SMILES string of the molecule is C[Si](C)(C)OC(c1ccccc1)(c1ccccc1)[C@@H]1CCc2nn(-c3ccccc3)c[n+]21.F[B-](F)(F)F. The van der Waals surface area contributed by atoms with Crippen molar-refractivity contribution in [3.8, 4) is 5.69 Å². The van der Waals surface area contributed by atoms with Gasteiger partial charge in [0.05, 0.1) is 0 Å². The Kier molecular flexibility index (Phi) is 7.70. The lowest BCUT2D eigenvalue weighted by Crippen LogP contribution is -2.54. The summed E-state index contributed by atoms with van der Waals surface area (Å²) in [7, 11) is -7.94. The van der Waals surface area contributed by atoms with Crippen LogP contribution in [0.25, 0.3) is 5.69 Å². The van der Waals surface area contributed by atoms with Gasteiger partial charge in [0.25, 0.3) is 5.82 Å². The average molecular weight is 527 g/mol. The summed E-state index contributed by atoms with van der Waals surface area (Å²) in [6.45, 7) is 6.84. The minimum Gasteiger partial charge on any atom is -0.418 e. The molecule has 3 aromatic carbocycles. The molecular formula is C27H30BF4N3OSi. The van der Waals surface area contributed by atoms with Crippen LogP contribution in [-0.2, 0) is 16.4 Å². The fourth-order valence-electron chi connectivity index (χ4n) is 4.93. The molecule has 0 spiro atoms. The highest BCUT2D eigenvalue weighted by Crippen LogP contribution is 2.46. The van der Waals surface area contributed by atoms with E-state index in [-0.39, 0.29) is 6.04 Å². The van der Waals surface area contributed by atoms with E-state index in [0.717, 1.165) is 24.4 Å². The highest BCUT2D eigenvalue weighted by atomic mass is 28.4. The summed E-state index contributed by atoms with van der Waals surface area (Å²) in [5.41, 5.74) is 2.90. The van der Waals surface area contributed by atoms with E-state index in [0.29, 0.717) is 0 Å². The molecule has 0 unspecified atom stereocenters. The molecule has 37 heavy (non-hydrogen) atoms. The van der Waals surface area contributed by atoms with Crippen molar-refractivity contribution in [2.45, 2.75) is 44.1 Å². The van der Waals surface area contributed by atoms with Crippen LogP contribution in [0.4, 0.5) is 17.3 Å². The predicted molar refractivity (Wildman–Crippen MR) is 139 cm³/mol. The molecule has 4 nitrogen and oxygen atoms in total. The van der Waals surface area contributed by atoms with E-state index in [1.165, 1.54) is 11.1 Å². The molecule has 4 aromatic rings. The number of aromatic nitrogens is 3. The van der Waals surface area contributed by atoms with E-state index in [4.69, 9.17) is 9.52 Å². The lowest BCUT2D eigenvalue weighted by atomic mass is 9.79. The van der Waals surface area contributed by atoms with E-state index in [1.54, 1.807) is 0 Å². The summed E-state index contributed by atoms with van der Waals surface area (Å²) < 4.78 is 50.6. The molecule has 0 bridgehead atoms. The first-order valence-electron chi connectivity index (χ1n) is 12.2. The normalized spacial score (nSPS) is 15.6. The smallest absolute Gasteiger partial charge is 0.418 e. The Labute approximate surface area is 215 Å². The van der Waals surface area contributed by atoms with Gasteiger partial charge in [-0.3, -0.25) is 0 Å². The fourth-order valence-corrected chi connectivity index (χ4v) is 6.26. The zero-order valence-electron chi connectivity index (χ0n) is 21.1. The van der Waals surface area contributed by atoms with Crippen LogP contribution in [0.5, 0.6) is 0 Å². The van der Waals surface area contributed by atoms with Gasteiger partial charge in [0.1, 0.15) is 17.3 Å². The first-order valence-corrected chi connectivity index (χ1v) is 15.6. The van der Waals surface area contributed by atoms with Crippen LogP contribution in [0.1, 0.15) is 29.4 Å². The van der Waals surface area contributed by atoms with Crippen molar-refractivity contribution in [3.63, 3.8) is 0 Å². The van der Waals surface area contributed by atoms with E-state index in [1.807, 2.05) is 10.7 Å². The van der Waals surface area contributed by atoms with Crippen LogP contribution in [-0.4, -0.2) is 25.4 Å². The van der Waals surface area contributed by atoms with E-state index in [9.17, 15) is 17.3 Å². The first-order chi connectivity index (χ1) is 17.5. The van der Waals surface area contributed by atoms with Crippen molar-refractivity contribution in [3.05, 3.63) is 114 Å². The van der Waals surface area contributed by atoms with Crippen molar-refractivity contribution in [1.29, 1.82) is 0 Å². The van der Waals surface area contributed by atoms with Crippen LogP contribution in [0.15, 0.2) is 97.3 Å². The number of halogens is 4. The second-order valence-corrected chi connectivity index (χ2v) is 14.4. The van der Waals surface area contributed by atoms with Crippen LogP contribution >= 0.6 is 0 Å². The molecule has 1 aliphatic rings. The molecule has 0 aliphatic carbocycles. The zero-order chi connectivity index (χ0) is 26.7. The molecule has 0 radical (unpaired) electrons. The van der Waals surface area contributed by atoms with Gasteiger partial charge in [0.15, 0.2) is 8.32 Å². The quantitative estimate of drug-likeness (QED) is 0.158. The molecule has 0 saturated carbocycles. The average Bonchev–Trinajstić information content (AvgIpc) is 3.44. The van der Waals surface area contributed by atoms with Crippen LogP contribution in [0.3, 0.4) is 0 Å². The van der Waals surface area contributed by atoms with Gasteiger partial charge in [0, 0.05) is 11.5 Å². The molecule has 1 atom stereocenters. The zero-order valence-corrected chi connectivity index (χ0v) is 22.1. The summed E-state index contributed by atoms with van der Waals surface area (Å²) >= 11 is 0. The van der Waals surface area contributed by atoms with Gasteiger partial charge < -0.3 is 21.7 Å². The van der Waals surface area contributed by atoms with Crippen molar-refractivity contribution in [2.24, 2.45) is 0 Å². The Hall–Kier alpha value is -3.24. The van der Waals surface area contributed by atoms with Crippen LogP contribution in [0, 0.1) is 0 Å². The molecular weight excluding hydrogens is 497 g/mol. The van der Waals surface area contributed by atoms with Crippen LogP contribution < -0.4 is 4.57 Å².